The Hall–Kier alpha value is -1.57. The Morgan fingerprint density at radius 1 is 1.10 bits per heavy atom. The van der Waals surface area contributed by atoms with Crippen LogP contribution in [0.1, 0.15) is 51.0 Å². The van der Waals surface area contributed by atoms with Crippen LogP contribution in [0.15, 0.2) is 42.5 Å². The van der Waals surface area contributed by atoms with Crippen LogP contribution in [0.25, 0.3) is 0 Å². The molecule has 0 aliphatic carbocycles. The molecule has 1 aromatic rings. The molecule has 0 heterocycles. The SMILES string of the molecule is CCCCCC/C=C/CC(=O)OCCc1ccccc1. The summed E-state index contributed by atoms with van der Waals surface area (Å²) in [4.78, 5) is 11.5. The lowest BCUT2D eigenvalue weighted by molar-refractivity contribution is -0.142. The van der Waals surface area contributed by atoms with Gasteiger partial charge in [-0.25, -0.2) is 0 Å². The van der Waals surface area contributed by atoms with Crippen molar-refractivity contribution >= 4 is 5.97 Å². The molecule has 0 aliphatic heterocycles. The molecule has 0 fully saturated rings. The van der Waals surface area contributed by atoms with Crippen LogP contribution in [0, 0.1) is 0 Å². The Labute approximate surface area is 122 Å². The molecule has 0 unspecified atom stereocenters. The van der Waals surface area contributed by atoms with Crippen LogP contribution in [-0.4, -0.2) is 12.6 Å². The van der Waals surface area contributed by atoms with Crippen molar-refractivity contribution in [1.29, 1.82) is 0 Å². The van der Waals surface area contributed by atoms with E-state index in [4.69, 9.17) is 4.74 Å². The smallest absolute Gasteiger partial charge is 0.309 e. The molecule has 2 heteroatoms. The number of carbonyl (C=O) groups is 1. The van der Waals surface area contributed by atoms with Crippen molar-refractivity contribution in [3.8, 4) is 0 Å². The van der Waals surface area contributed by atoms with E-state index < -0.39 is 0 Å². The van der Waals surface area contributed by atoms with Crippen molar-refractivity contribution in [2.75, 3.05) is 6.61 Å². The van der Waals surface area contributed by atoms with E-state index in [2.05, 4.69) is 13.0 Å². The summed E-state index contributed by atoms with van der Waals surface area (Å²) in [6, 6.07) is 10.1. The Bertz CT molecular complexity index is 382. The lowest BCUT2D eigenvalue weighted by Crippen LogP contribution is -2.06. The van der Waals surface area contributed by atoms with Gasteiger partial charge in [0.25, 0.3) is 0 Å². The summed E-state index contributed by atoms with van der Waals surface area (Å²) in [6.07, 6.45) is 11.3. The van der Waals surface area contributed by atoms with Gasteiger partial charge in [-0.3, -0.25) is 4.79 Å². The number of rotatable bonds is 10. The number of ether oxygens (including phenoxy) is 1. The van der Waals surface area contributed by atoms with Gasteiger partial charge in [0.1, 0.15) is 0 Å². The van der Waals surface area contributed by atoms with Crippen LogP contribution in [0.3, 0.4) is 0 Å². The van der Waals surface area contributed by atoms with E-state index >= 15 is 0 Å². The van der Waals surface area contributed by atoms with Gasteiger partial charge in [-0.15, -0.1) is 0 Å². The molecule has 0 bridgehead atoms. The number of hydrogen-bond donors (Lipinski definition) is 0. The monoisotopic (exact) mass is 274 g/mol. The van der Waals surface area contributed by atoms with Gasteiger partial charge < -0.3 is 4.74 Å². The van der Waals surface area contributed by atoms with Crippen LogP contribution in [0.2, 0.25) is 0 Å². The molecular weight excluding hydrogens is 248 g/mol. The Kier molecular flexibility index (Phi) is 9.29. The molecular formula is C18H26O2. The van der Waals surface area contributed by atoms with Gasteiger partial charge in [-0.05, 0) is 18.4 Å². The van der Waals surface area contributed by atoms with Crippen molar-refractivity contribution < 1.29 is 9.53 Å². The van der Waals surface area contributed by atoms with Gasteiger partial charge in [0.2, 0.25) is 0 Å². The van der Waals surface area contributed by atoms with E-state index in [-0.39, 0.29) is 5.97 Å². The second-order valence-corrected chi connectivity index (χ2v) is 4.98. The highest BCUT2D eigenvalue weighted by Crippen LogP contribution is 2.04. The predicted octanol–water partition coefficient (Wildman–Crippen LogP) is 4.69. The second-order valence-electron chi connectivity index (χ2n) is 4.98. The first-order chi connectivity index (χ1) is 9.83. The second kappa shape index (κ2) is 11.3. The van der Waals surface area contributed by atoms with Gasteiger partial charge in [-0.2, -0.15) is 0 Å². The summed E-state index contributed by atoms with van der Waals surface area (Å²) in [5, 5.41) is 0. The Morgan fingerprint density at radius 2 is 1.90 bits per heavy atom. The first-order valence-corrected chi connectivity index (χ1v) is 7.67. The number of allylic oxidation sites excluding steroid dienone is 1. The van der Waals surface area contributed by atoms with Crippen LogP contribution >= 0.6 is 0 Å². The fourth-order valence-electron chi connectivity index (χ4n) is 1.97. The average Bonchev–Trinajstić information content (AvgIpc) is 2.47. The van der Waals surface area contributed by atoms with Gasteiger partial charge in [0.05, 0.1) is 13.0 Å². The van der Waals surface area contributed by atoms with Crippen LogP contribution in [-0.2, 0) is 16.0 Å². The van der Waals surface area contributed by atoms with Gasteiger partial charge in [0.15, 0.2) is 0 Å². The van der Waals surface area contributed by atoms with Crippen LogP contribution in [0.5, 0.6) is 0 Å². The molecule has 1 aromatic carbocycles. The standard InChI is InChI=1S/C18H26O2/c1-2-3-4-5-6-7-11-14-18(19)20-16-15-17-12-9-8-10-13-17/h7-13H,2-6,14-16H2,1H3/b11-7+. The molecule has 2 nitrogen and oxygen atoms in total. The molecule has 0 atom stereocenters. The maximum atomic E-state index is 11.5. The summed E-state index contributed by atoms with van der Waals surface area (Å²) < 4.78 is 5.20. The molecule has 0 saturated carbocycles. The molecule has 110 valence electrons. The van der Waals surface area contributed by atoms with Gasteiger partial charge in [0, 0.05) is 6.42 Å². The largest absolute Gasteiger partial charge is 0.465 e. The summed E-state index contributed by atoms with van der Waals surface area (Å²) in [5.41, 5.74) is 1.20. The van der Waals surface area contributed by atoms with E-state index in [0.29, 0.717) is 13.0 Å². The molecule has 0 amide bonds. The van der Waals surface area contributed by atoms with Crippen molar-refractivity contribution in [3.63, 3.8) is 0 Å². The third-order valence-electron chi connectivity index (χ3n) is 3.17. The van der Waals surface area contributed by atoms with Gasteiger partial charge in [-0.1, -0.05) is 68.7 Å². The lowest BCUT2D eigenvalue weighted by Gasteiger charge is -2.03. The maximum absolute atomic E-state index is 11.5. The third-order valence-corrected chi connectivity index (χ3v) is 3.17. The summed E-state index contributed by atoms with van der Waals surface area (Å²) in [5.74, 6) is -0.134. The summed E-state index contributed by atoms with van der Waals surface area (Å²) >= 11 is 0. The van der Waals surface area contributed by atoms with E-state index in [1.807, 2.05) is 36.4 Å². The van der Waals surface area contributed by atoms with Crippen molar-refractivity contribution in [3.05, 3.63) is 48.0 Å². The number of benzene rings is 1. The highest BCUT2D eigenvalue weighted by molar-refractivity contribution is 5.71. The van der Waals surface area contributed by atoms with E-state index in [9.17, 15) is 4.79 Å². The minimum Gasteiger partial charge on any atom is -0.465 e. The zero-order valence-electron chi connectivity index (χ0n) is 12.5. The molecule has 1 rings (SSSR count). The van der Waals surface area contributed by atoms with Crippen molar-refractivity contribution in [1.82, 2.24) is 0 Å². The Balaban J connectivity index is 2.01. The average molecular weight is 274 g/mol. The Morgan fingerprint density at radius 3 is 2.65 bits per heavy atom. The minimum atomic E-state index is -0.134. The van der Waals surface area contributed by atoms with E-state index in [1.54, 1.807) is 0 Å². The molecule has 0 N–H and O–H groups in total. The first kappa shape index (κ1) is 16.5. The third kappa shape index (κ3) is 8.52. The van der Waals surface area contributed by atoms with Crippen LogP contribution < -0.4 is 0 Å². The lowest BCUT2D eigenvalue weighted by atomic mass is 10.1. The number of hydrogen-bond acceptors (Lipinski definition) is 2. The number of carbonyl (C=O) groups excluding carboxylic acids is 1. The van der Waals surface area contributed by atoms with Crippen molar-refractivity contribution in [2.24, 2.45) is 0 Å². The molecule has 0 spiro atoms. The molecule has 0 aromatic heterocycles. The summed E-state index contributed by atoms with van der Waals surface area (Å²) in [6.45, 7) is 2.68. The molecule has 0 saturated heterocycles. The summed E-state index contributed by atoms with van der Waals surface area (Å²) in [7, 11) is 0. The normalized spacial score (nSPS) is 10.8. The van der Waals surface area contributed by atoms with E-state index in [0.717, 1.165) is 12.8 Å². The molecule has 0 radical (unpaired) electrons. The number of unbranched alkanes of at least 4 members (excludes halogenated alkanes) is 4. The number of esters is 1. The zero-order chi connectivity index (χ0) is 14.5. The fraction of sp³-hybridized carbons (Fsp3) is 0.500. The van der Waals surface area contributed by atoms with E-state index in [1.165, 1.54) is 31.2 Å². The maximum Gasteiger partial charge on any atom is 0.309 e. The predicted molar refractivity (Wildman–Crippen MR) is 83.6 cm³/mol. The molecule has 0 aliphatic rings. The first-order valence-electron chi connectivity index (χ1n) is 7.67. The zero-order valence-corrected chi connectivity index (χ0v) is 12.5. The highest BCUT2D eigenvalue weighted by atomic mass is 16.5. The topological polar surface area (TPSA) is 26.3 Å². The highest BCUT2D eigenvalue weighted by Gasteiger charge is 1.99. The minimum absolute atomic E-state index is 0.134. The molecule has 20 heavy (non-hydrogen) atoms. The van der Waals surface area contributed by atoms with Crippen LogP contribution in [0.4, 0.5) is 0 Å². The quantitative estimate of drug-likeness (QED) is 0.351. The van der Waals surface area contributed by atoms with Crippen molar-refractivity contribution in [2.45, 2.75) is 51.9 Å². The van der Waals surface area contributed by atoms with Gasteiger partial charge >= 0.3 is 5.97 Å². The fourth-order valence-corrected chi connectivity index (χ4v) is 1.97.